The van der Waals surface area contributed by atoms with E-state index in [1.807, 2.05) is 19.4 Å². The first kappa shape index (κ1) is 15.6. The van der Waals surface area contributed by atoms with Crippen molar-refractivity contribution < 1.29 is 4.79 Å². The zero-order valence-corrected chi connectivity index (χ0v) is 13.6. The third-order valence-electron chi connectivity index (χ3n) is 3.82. The molecule has 3 heterocycles. The first-order chi connectivity index (χ1) is 11.1. The molecule has 8 heteroatoms. The number of nitrogens with one attached hydrogen (secondary N) is 2. The second-order valence-corrected chi connectivity index (χ2v) is 5.96. The number of carbonyl (C=O) groups excluding carboxylic acids is 1. The third-order valence-corrected chi connectivity index (χ3v) is 4.12. The van der Waals surface area contributed by atoms with Crippen molar-refractivity contribution >= 4 is 29.0 Å². The average Bonchev–Trinajstić information content (AvgIpc) is 2.96. The zero-order valence-electron chi connectivity index (χ0n) is 12.9. The first-order valence-corrected chi connectivity index (χ1v) is 7.91. The van der Waals surface area contributed by atoms with Crippen LogP contribution in [0.3, 0.4) is 0 Å². The number of aromatic nitrogens is 3. The van der Waals surface area contributed by atoms with Gasteiger partial charge < -0.3 is 15.5 Å². The number of hydrogen-bond donors (Lipinski definition) is 2. The number of urea groups is 1. The maximum Gasteiger partial charge on any atom is 0.319 e. The van der Waals surface area contributed by atoms with Crippen LogP contribution in [0.1, 0.15) is 12.8 Å². The Kier molecular flexibility index (Phi) is 4.66. The molecule has 2 aromatic heterocycles. The van der Waals surface area contributed by atoms with E-state index in [2.05, 4.69) is 25.6 Å². The van der Waals surface area contributed by atoms with Crippen LogP contribution in [-0.4, -0.2) is 39.9 Å². The van der Waals surface area contributed by atoms with E-state index in [1.54, 1.807) is 23.0 Å². The SMILES string of the molecule is Cn1cc(N2CCCC(NC(=O)Nc3cccnc3Cl)C2)cn1. The van der Waals surface area contributed by atoms with Crippen LogP contribution in [0.25, 0.3) is 0 Å². The number of hydrogen-bond acceptors (Lipinski definition) is 4. The Hall–Kier alpha value is -2.28. The molecule has 3 rings (SSSR count). The largest absolute Gasteiger partial charge is 0.367 e. The van der Waals surface area contributed by atoms with Crippen LogP contribution in [0.5, 0.6) is 0 Å². The van der Waals surface area contributed by atoms with E-state index in [9.17, 15) is 4.79 Å². The Bertz CT molecular complexity index is 688. The summed E-state index contributed by atoms with van der Waals surface area (Å²) in [6.07, 6.45) is 7.38. The minimum atomic E-state index is -0.266. The third kappa shape index (κ3) is 3.92. The molecular weight excluding hydrogens is 316 g/mol. The minimum absolute atomic E-state index is 0.0828. The van der Waals surface area contributed by atoms with Crippen LogP contribution < -0.4 is 15.5 Å². The maximum absolute atomic E-state index is 12.1. The molecule has 0 aromatic carbocycles. The molecule has 2 aromatic rings. The maximum atomic E-state index is 12.1. The summed E-state index contributed by atoms with van der Waals surface area (Å²) in [5, 5.41) is 10.2. The average molecular weight is 335 g/mol. The summed E-state index contributed by atoms with van der Waals surface area (Å²) >= 11 is 5.95. The molecule has 1 unspecified atom stereocenters. The monoisotopic (exact) mass is 334 g/mol. The van der Waals surface area contributed by atoms with Crippen molar-refractivity contribution in [2.75, 3.05) is 23.3 Å². The number of carbonyl (C=O) groups is 1. The van der Waals surface area contributed by atoms with E-state index in [0.717, 1.165) is 31.6 Å². The molecule has 1 saturated heterocycles. The highest BCUT2D eigenvalue weighted by molar-refractivity contribution is 6.32. The summed E-state index contributed by atoms with van der Waals surface area (Å²) in [6, 6.07) is 3.27. The molecular formula is C15H19ClN6O. The van der Waals surface area contributed by atoms with Gasteiger partial charge in [0.1, 0.15) is 0 Å². The van der Waals surface area contributed by atoms with Crippen LogP contribution in [0, 0.1) is 0 Å². The lowest BCUT2D eigenvalue weighted by Crippen LogP contribution is -2.49. The standard InChI is InChI=1S/C15H19ClN6O/c1-21-10-12(8-18-21)22-7-3-4-11(9-22)19-15(23)20-13-5-2-6-17-14(13)16/h2,5-6,8,10-11H,3-4,7,9H2,1H3,(H2,19,20,23). The Balaban J connectivity index is 1.57. The van der Waals surface area contributed by atoms with Gasteiger partial charge in [-0.15, -0.1) is 0 Å². The molecule has 1 atom stereocenters. The van der Waals surface area contributed by atoms with Gasteiger partial charge in [-0.3, -0.25) is 4.68 Å². The molecule has 1 fully saturated rings. The Morgan fingerprint density at radius 1 is 1.48 bits per heavy atom. The van der Waals surface area contributed by atoms with Gasteiger partial charge in [-0.25, -0.2) is 9.78 Å². The molecule has 7 nitrogen and oxygen atoms in total. The van der Waals surface area contributed by atoms with Gasteiger partial charge in [-0.1, -0.05) is 11.6 Å². The van der Waals surface area contributed by atoms with Crippen molar-refractivity contribution in [2.45, 2.75) is 18.9 Å². The minimum Gasteiger partial charge on any atom is -0.367 e. The zero-order chi connectivity index (χ0) is 16.2. The molecule has 2 amide bonds. The first-order valence-electron chi connectivity index (χ1n) is 7.53. The molecule has 2 N–H and O–H groups in total. The summed E-state index contributed by atoms with van der Waals surface area (Å²) in [6.45, 7) is 1.74. The predicted octanol–water partition coefficient (Wildman–Crippen LogP) is 2.26. The molecule has 1 aliphatic heterocycles. The van der Waals surface area contributed by atoms with Gasteiger partial charge >= 0.3 is 6.03 Å². The van der Waals surface area contributed by atoms with Gasteiger partial charge in [-0.2, -0.15) is 5.10 Å². The molecule has 0 aliphatic carbocycles. The number of anilines is 2. The number of piperidine rings is 1. The Labute approximate surface area is 139 Å². The van der Waals surface area contributed by atoms with E-state index in [-0.39, 0.29) is 17.2 Å². The summed E-state index contributed by atoms with van der Waals surface area (Å²) in [5.74, 6) is 0. The van der Waals surface area contributed by atoms with Crippen molar-refractivity contribution in [3.63, 3.8) is 0 Å². The molecule has 0 radical (unpaired) electrons. The fraction of sp³-hybridized carbons (Fsp3) is 0.400. The van der Waals surface area contributed by atoms with Gasteiger partial charge in [-0.05, 0) is 25.0 Å². The van der Waals surface area contributed by atoms with Gasteiger partial charge in [0.2, 0.25) is 0 Å². The van der Waals surface area contributed by atoms with Crippen LogP contribution in [-0.2, 0) is 7.05 Å². The molecule has 122 valence electrons. The van der Waals surface area contributed by atoms with E-state index < -0.39 is 0 Å². The molecule has 0 saturated carbocycles. The molecule has 0 spiro atoms. The second-order valence-electron chi connectivity index (χ2n) is 5.60. The van der Waals surface area contributed by atoms with Gasteiger partial charge in [0.25, 0.3) is 0 Å². The smallest absolute Gasteiger partial charge is 0.319 e. The van der Waals surface area contributed by atoms with Crippen molar-refractivity contribution in [1.29, 1.82) is 0 Å². The second kappa shape index (κ2) is 6.87. The van der Waals surface area contributed by atoms with Crippen molar-refractivity contribution in [2.24, 2.45) is 7.05 Å². The lowest BCUT2D eigenvalue weighted by Gasteiger charge is -2.33. The van der Waals surface area contributed by atoms with Crippen LogP contribution in [0.4, 0.5) is 16.2 Å². The number of halogens is 1. The molecule has 23 heavy (non-hydrogen) atoms. The summed E-state index contributed by atoms with van der Waals surface area (Å²) in [4.78, 5) is 18.3. The summed E-state index contributed by atoms with van der Waals surface area (Å²) in [7, 11) is 1.90. The van der Waals surface area contributed by atoms with Crippen LogP contribution >= 0.6 is 11.6 Å². The normalized spacial score (nSPS) is 17.8. The highest BCUT2D eigenvalue weighted by atomic mass is 35.5. The van der Waals surface area contributed by atoms with E-state index in [0.29, 0.717) is 5.69 Å². The lowest BCUT2D eigenvalue weighted by molar-refractivity contribution is 0.246. The van der Waals surface area contributed by atoms with Crippen molar-refractivity contribution in [3.8, 4) is 0 Å². The van der Waals surface area contributed by atoms with Crippen LogP contribution in [0.15, 0.2) is 30.7 Å². The van der Waals surface area contributed by atoms with Gasteiger partial charge in [0, 0.05) is 38.6 Å². The summed E-state index contributed by atoms with van der Waals surface area (Å²) < 4.78 is 1.78. The Morgan fingerprint density at radius 2 is 2.35 bits per heavy atom. The topological polar surface area (TPSA) is 75.1 Å². The lowest BCUT2D eigenvalue weighted by atomic mass is 10.1. The number of aryl methyl sites for hydroxylation is 1. The van der Waals surface area contributed by atoms with Gasteiger partial charge in [0.05, 0.1) is 17.6 Å². The van der Waals surface area contributed by atoms with Crippen LogP contribution in [0.2, 0.25) is 5.15 Å². The fourth-order valence-corrected chi connectivity index (χ4v) is 2.89. The summed E-state index contributed by atoms with van der Waals surface area (Å²) in [5.41, 5.74) is 1.58. The molecule has 1 aliphatic rings. The van der Waals surface area contributed by atoms with E-state index in [1.165, 1.54) is 0 Å². The number of rotatable bonds is 3. The van der Waals surface area contributed by atoms with E-state index in [4.69, 9.17) is 11.6 Å². The highest BCUT2D eigenvalue weighted by Crippen LogP contribution is 2.20. The van der Waals surface area contributed by atoms with Gasteiger partial charge in [0.15, 0.2) is 5.15 Å². The molecule has 0 bridgehead atoms. The van der Waals surface area contributed by atoms with E-state index >= 15 is 0 Å². The quantitative estimate of drug-likeness (QED) is 0.844. The number of amides is 2. The highest BCUT2D eigenvalue weighted by Gasteiger charge is 2.22. The predicted molar refractivity (Wildman–Crippen MR) is 89.8 cm³/mol. The fourth-order valence-electron chi connectivity index (χ4n) is 2.72. The Morgan fingerprint density at radius 3 is 3.09 bits per heavy atom. The number of nitrogens with zero attached hydrogens (tertiary/aromatic N) is 4. The van der Waals surface area contributed by atoms with Crippen molar-refractivity contribution in [1.82, 2.24) is 20.1 Å². The number of pyridine rings is 1. The van der Waals surface area contributed by atoms with Crippen molar-refractivity contribution in [3.05, 3.63) is 35.9 Å².